The van der Waals surface area contributed by atoms with Gasteiger partial charge in [-0.15, -0.1) is 0 Å². The lowest BCUT2D eigenvalue weighted by Crippen LogP contribution is -2.23. The first-order valence-electron chi connectivity index (χ1n) is 7.47. The van der Waals surface area contributed by atoms with E-state index in [9.17, 15) is 13.6 Å². The van der Waals surface area contributed by atoms with Crippen molar-refractivity contribution in [2.45, 2.75) is 6.54 Å². The summed E-state index contributed by atoms with van der Waals surface area (Å²) in [6, 6.07) is 11.6. The molecule has 1 aromatic heterocycles. The molecule has 126 valence electrons. The van der Waals surface area contributed by atoms with Crippen LogP contribution in [0.3, 0.4) is 0 Å². The van der Waals surface area contributed by atoms with Gasteiger partial charge in [-0.2, -0.15) is 0 Å². The van der Waals surface area contributed by atoms with Crippen LogP contribution in [-0.4, -0.2) is 15.9 Å². The van der Waals surface area contributed by atoms with E-state index in [1.807, 2.05) is 0 Å². The van der Waals surface area contributed by atoms with Gasteiger partial charge in [0.15, 0.2) is 0 Å². The number of anilines is 2. The molecule has 0 aliphatic carbocycles. The molecule has 0 radical (unpaired) electrons. The number of hydrogen-bond donors (Lipinski definition) is 2. The molecule has 0 fully saturated rings. The molecule has 2 aromatic carbocycles. The fraction of sp³-hybridized carbons (Fsp3) is 0.0556. The first-order valence-corrected chi connectivity index (χ1v) is 7.47. The Labute approximate surface area is 142 Å². The first-order chi connectivity index (χ1) is 12.1. The summed E-state index contributed by atoms with van der Waals surface area (Å²) in [5.74, 6) is -0.702. The van der Waals surface area contributed by atoms with E-state index in [1.165, 1.54) is 36.7 Å². The second kappa shape index (κ2) is 7.48. The van der Waals surface area contributed by atoms with Crippen molar-refractivity contribution in [1.29, 1.82) is 0 Å². The largest absolute Gasteiger partial charge is 0.348 e. The average molecular weight is 340 g/mol. The van der Waals surface area contributed by atoms with Gasteiger partial charge < -0.3 is 10.6 Å². The molecule has 1 heterocycles. The third-order valence-electron chi connectivity index (χ3n) is 3.38. The SMILES string of the molecule is O=C(NCc1ccc(F)cc1)c1cnc(Nc2ccc(F)cc2)nc1. The summed E-state index contributed by atoms with van der Waals surface area (Å²) in [7, 11) is 0. The molecule has 7 heteroatoms. The highest BCUT2D eigenvalue weighted by atomic mass is 19.1. The average Bonchev–Trinajstić information content (AvgIpc) is 2.63. The molecule has 0 spiro atoms. The fourth-order valence-electron chi connectivity index (χ4n) is 2.06. The molecule has 0 aliphatic heterocycles. The monoisotopic (exact) mass is 340 g/mol. The lowest BCUT2D eigenvalue weighted by molar-refractivity contribution is 0.0950. The summed E-state index contributed by atoms with van der Waals surface area (Å²) >= 11 is 0. The van der Waals surface area contributed by atoms with E-state index in [0.29, 0.717) is 17.2 Å². The molecule has 25 heavy (non-hydrogen) atoms. The molecule has 1 amide bonds. The zero-order valence-corrected chi connectivity index (χ0v) is 13.0. The first kappa shape index (κ1) is 16.5. The minimum atomic E-state index is -0.336. The summed E-state index contributed by atoms with van der Waals surface area (Å²) in [5, 5.41) is 5.61. The highest BCUT2D eigenvalue weighted by molar-refractivity contribution is 5.93. The number of halogens is 2. The van der Waals surface area contributed by atoms with Crippen LogP contribution in [0.2, 0.25) is 0 Å². The Balaban J connectivity index is 1.58. The van der Waals surface area contributed by atoms with Gasteiger partial charge in [-0.05, 0) is 42.0 Å². The fourth-order valence-corrected chi connectivity index (χ4v) is 2.06. The number of hydrogen-bond acceptors (Lipinski definition) is 4. The molecule has 0 saturated carbocycles. The van der Waals surface area contributed by atoms with Gasteiger partial charge in [-0.1, -0.05) is 12.1 Å². The maximum absolute atomic E-state index is 12.9. The van der Waals surface area contributed by atoms with Crippen molar-refractivity contribution in [2.24, 2.45) is 0 Å². The standard InChI is InChI=1S/C18H14F2N4O/c19-14-3-1-12(2-4-14)9-21-17(25)13-10-22-18(23-11-13)24-16-7-5-15(20)6-8-16/h1-8,10-11H,9H2,(H,21,25)(H,22,23,24). The zero-order chi connectivity index (χ0) is 17.6. The number of amides is 1. The van der Waals surface area contributed by atoms with Gasteiger partial charge in [-0.3, -0.25) is 4.79 Å². The van der Waals surface area contributed by atoms with Crippen molar-refractivity contribution in [3.05, 3.63) is 83.7 Å². The van der Waals surface area contributed by atoms with Crippen LogP contribution >= 0.6 is 0 Å². The predicted molar refractivity (Wildman–Crippen MR) is 89.3 cm³/mol. The number of nitrogens with one attached hydrogen (secondary N) is 2. The maximum atomic E-state index is 12.9. The lowest BCUT2D eigenvalue weighted by atomic mass is 10.2. The Kier molecular flexibility index (Phi) is 4.94. The van der Waals surface area contributed by atoms with E-state index < -0.39 is 0 Å². The van der Waals surface area contributed by atoms with E-state index in [-0.39, 0.29) is 24.1 Å². The van der Waals surface area contributed by atoms with Crippen LogP contribution < -0.4 is 10.6 Å². The molecule has 0 atom stereocenters. The normalized spacial score (nSPS) is 10.3. The second-order valence-electron chi connectivity index (χ2n) is 5.24. The van der Waals surface area contributed by atoms with Crippen molar-refractivity contribution in [3.8, 4) is 0 Å². The predicted octanol–water partition coefficient (Wildman–Crippen LogP) is 3.43. The topological polar surface area (TPSA) is 66.9 Å². The van der Waals surface area contributed by atoms with Crippen molar-refractivity contribution in [2.75, 3.05) is 5.32 Å². The summed E-state index contributed by atoms with van der Waals surface area (Å²) in [6.07, 6.45) is 2.78. The Morgan fingerprint density at radius 1 is 0.880 bits per heavy atom. The molecule has 2 N–H and O–H groups in total. The van der Waals surface area contributed by atoms with Crippen LogP contribution in [0.15, 0.2) is 60.9 Å². The van der Waals surface area contributed by atoms with E-state index in [1.54, 1.807) is 24.3 Å². The van der Waals surface area contributed by atoms with E-state index in [0.717, 1.165) is 5.56 Å². The van der Waals surface area contributed by atoms with Gasteiger partial charge in [0, 0.05) is 24.6 Å². The van der Waals surface area contributed by atoms with E-state index >= 15 is 0 Å². The number of benzene rings is 2. The Bertz CT molecular complexity index is 850. The Morgan fingerprint density at radius 2 is 1.44 bits per heavy atom. The molecule has 3 aromatic rings. The van der Waals surface area contributed by atoms with Gasteiger partial charge in [0.25, 0.3) is 5.91 Å². The van der Waals surface area contributed by atoms with Crippen LogP contribution in [0.4, 0.5) is 20.4 Å². The molecular formula is C18H14F2N4O. The van der Waals surface area contributed by atoms with E-state index in [4.69, 9.17) is 0 Å². The number of carbonyl (C=O) groups is 1. The van der Waals surface area contributed by atoms with Crippen LogP contribution in [0.1, 0.15) is 15.9 Å². The molecule has 0 bridgehead atoms. The van der Waals surface area contributed by atoms with Crippen LogP contribution in [0.5, 0.6) is 0 Å². The van der Waals surface area contributed by atoms with E-state index in [2.05, 4.69) is 20.6 Å². The minimum absolute atomic E-state index is 0.273. The van der Waals surface area contributed by atoms with Gasteiger partial charge in [0.2, 0.25) is 5.95 Å². The summed E-state index contributed by atoms with van der Waals surface area (Å²) in [6.45, 7) is 0.273. The molecule has 3 rings (SSSR count). The zero-order valence-electron chi connectivity index (χ0n) is 13.0. The third kappa shape index (κ3) is 4.57. The van der Waals surface area contributed by atoms with Gasteiger partial charge >= 0.3 is 0 Å². The van der Waals surface area contributed by atoms with Crippen LogP contribution in [-0.2, 0) is 6.54 Å². The lowest BCUT2D eigenvalue weighted by Gasteiger charge is -2.07. The van der Waals surface area contributed by atoms with Gasteiger partial charge in [0.05, 0.1) is 5.56 Å². The van der Waals surface area contributed by atoms with Gasteiger partial charge in [-0.25, -0.2) is 18.7 Å². The maximum Gasteiger partial charge on any atom is 0.254 e. The smallest absolute Gasteiger partial charge is 0.254 e. The van der Waals surface area contributed by atoms with Crippen molar-refractivity contribution >= 4 is 17.5 Å². The number of rotatable bonds is 5. The third-order valence-corrected chi connectivity index (χ3v) is 3.38. The van der Waals surface area contributed by atoms with Crippen molar-refractivity contribution < 1.29 is 13.6 Å². The summed E-state index contributed by atoms with van der Waals surface area (Å²) < 4.78 is 25.7. The molecule has 0 aliphatic rings. The molecule has 0 unspecified atom stereocenters. The number of nitrogens with zero attached hydrogens (tertiary/aromatic N) is 2. The quantitative estimate of drug-likeness (QED) is 0.747. The highest BCUT2D eigenvalue weighted by Crippen LogP contribution is 2.13. The number of aromatic nitrogens is 2. The molecular weight excluding hydrogens is 326 g/mol. The highest BCUT2D eigenvalue weighted by Gasteiger charge is 2.07. The number of carbonyl (C=O) groups excluding carboxylic acids is 1. The summed E-state index contributed by atoms with van der Waals surface area (Å²) in [5.41, 5.74) is 1.71. The molecule has 5 nitrogen and oxygen atoms in total. The van der Waals surface area contributed by atoms with Crippen LogP contribution in [0.25, 0.3) is 0 Å². The Hall–Kier alpha value is -3.35. The van der Waals surface area contributed by atoms with Crippen molar-refractivity contribution in [3.63, 3.8) is 0 Å². The van der Waals surface area contributed by atoms with Crippen LogP contribution in [0, 0.1) is 11.6 Å². The van der Waals surface area contributed by atoms with Gasteiger partial charge in [0.1, 0.15) is 11.6 Å². The minimum Gasteiger partial charge on any atom is -0.348 e. The Morgan fingerprint density at radius 3 is 2.04 bits per heavy atom. The second-order valence-corrected chi connectivity index (χ2v) is 5.24. The molecule has 0 saturated heterocycles. The van der Waals surface area contributed by atoms with Crippen molar-refractivity contribution in [1.82, 2.24) is 15.3 Å². The summed E-state index contributed by atoms with van der Waals surface area (Å²) in [4.78, 5) is 20.2.